The predicted molar refractivity (Wildman–Crippen MR) is 59.1 cm³/mol. The van der Waals surface area contributed by atoms with E-state index in [1.54, 1.807) is 0 Å². The highest BCUT2D eigenvalue weighted by molar-refractivity contribution is 5.96. The number of nitrogens with one attached hydrogen (secondary N) is 1. The third-order valence-electron chi connectivity index (χ3n) is 2.92. The Bertz CT molecular complexity index is 230. The van der Waals surface area contributed by atoms with Crippen molar-refractivity contribution in [3.63, 3.8) is 0 Å². The van der Waals surface area contributed by atoms with Gasteiger partial charge in [-0.05, 0) is 25.3 Å². The van der Waals surface area contributed by atoms with Crippen LogP contribution in [0, 0.1) is 0 Å². The number of hydrogen-bond acceptors (Lipinski definition) is 1. The van der Waals surface area contributed by atoms with Gasteiger partial charge in [0.2, 0.25) is 5.91 Å². The zero-order chi connectivity index (χ0) is 10.4. The number of rotatable bonds is 6. The van der Waals surface area contributed by atoms with Crippen LogP contribution in [0.25, 0.3) is 0 Å². The second-order valence-electron chi connectivity index (χ2n) is 4.08. The van der Waals surface area contributed by atoms with Gasteiger partial charge in [-0.1, -0.05) is 32.6 Å². The van der Waals surface area contributed by atoms with Gasteiger partial charge in [0.15, 0.2) is 0 Å². The lowest BCUT2D eigenvalue weighted by atomic mass is 10.0. The van der Waals surface area contributed by atoms with Crippen molar-refractivity contribution < 1.29 is 4.79 Å². The van der Waals surface area contributed by atoms with Gasteiger partial charge in [0.25, 0.3) is 0 Å². The Labute approximate surface area is 86.8 Å². The molecule has 2 nitrogen and oxygen atoms in total. The molecule has 1 amide bonds. The first-order valence-electron chi connectivity index (χ1n) is 5.72. The Balaban J connectivity index is 2.16. The number of carbonyl (C=O) groups is 1. The van der Waals surface area contributed by atoms with Crippen LogP contribution in [0.2, 0.25) is 0 Å². The van der Waals surface area contributed by atoms with E-state index in [-0.39, 0.29) is 5.91 Å². The molecule has 0 bridgehead atoms. The topological polar surface area (TPSA) is 29.1 Å². The molecule has 0 aromatic rings. The van der Waals surface area contributed by atoms with E-state index in [1.165, 1.54) is 37.7 Å². The van der Waals surface area contributed by atoms with Gasteiger partial charge in [0, 0.05) is 12.1 Å². The van der Waals surface area contributed by atoms with Crippen LogP contribution in [-0.4, -0.2) is 12.5 Å². The summed E-state index contributed by atoms with van der Waals surface area (Å²) in [6, 6.07) is 0. The third-order valence-corrected chi connectivity index (χ3v) is 2.92. The highest BCUT2D eigenvalue weighted by Gasteiger charge is 2.16. The largest absolute Gasteiger partial charge is 0.349 e. The number of carbonyl (C=O) groups excluding carboxylic acids is 1. The van der Waals surface area contributed by atoms with Crippen LogP contribution in [0.3, 0.4) is 0 Å². The minimum atomic E-state index is 0.133. The van der Waals surface area contributed by atoms with E-state index in [0.717, 1.165) is 18.5 Å². The van der Waals surface area contributed by atoms with E-state index >= 15 is 0 Å². The average molecular weight is 195 g/mol. The quantitative estimate of drug-likeness (QED) is 0.649. The van der Waals surface area contributed by atoms with E-state index in [9.17, 15) is 4.79 Å². The van der Waals surface area contributed by atoms with Crippen LogP contribution in [0.4, 0.5) is 0 Å². The second kappa shape index (κ2) is 5.84. The van der Waals surface area contributed by atoms with Crippen molar-refractivity contribution in [2.45, 2.75) is 52.4 Å². The summed E-state index contributed by atoms with van der Waals surface area (Å²) in [5.74, 6) is 0.133. The maximum absolute atomic E-state index is 11.2. The summed E-state index contributed by atoms with van der Waals surface area (Å²) < 4.78 is 0. The number of unbranched alkanes of at least 4 members (excludes halogenated alkanes) is 4. The minimum absolute atomic E-state index is 0.133. The predicted octanol–water partition coefficient (Wildman–Crippen LogP) is 2.79. The van der Waals surface area contributed by atoms with Gasteiger partial charge in [-0.2, -0.15) is 0 Å². The Kier molecular flexibility index (Phi) is 4.71. The molecule has 1 aliphatic heterocycles. The molecule has 0 aromatic heterocycles. The van der Waals surface area contributed by atoms with Crippen molar-refractivity contribution in [2.75, 3.05) is 6.54 Å². The molecule has 2 heteroatoms. The van der Waals surface area contributed by atoms with Crippen LogP contribution in [0.1, 0.15) is 52.4 Å². The molecule has 0 saturated carbocycles. The molecular weight excluding hydrogens is 174 g/mol. The summed E-state index contributed by atoms with van der Waals surface area (Å²) in [7, 11) is 0. The van der Waals surface area contributed by atoms with E-state index in [4.69, 9.17) is 0 Å². The summed E-state index contributed by atoms with van der Waals surface area (Å²) in [5, 5.41) is 2.86. The van der Waals surface area contributed by atoms with Gasteiger partial charge in [0.1, 0.15) is 0 Å². The first-order valence-corrected chi connectivity index (χ1v) is 5.72. The fraction of sp³-hybridized carbons (Fsp3) is 0.750. The summed E-state index contributed by atoms with van der Waals surface area (Å²) in [4.78, 5) is 11.2. The van der Waals surface area contributed by atoms with Gasteiger partial charge in [0.05, 0.1) is 0 Å². The summed E-state index contributed by atoms with van der Waals surface area (Å²) in [6.07, 6.45) is 7.62. The molecule has 0 fully saturated rings. The van der Waals surface area contributed by atoms with E-state index in [0.29, 0.717) is 0 Å². The van der Waals surface area contributed by atoms with Crippen molar-refractivity contribution >= 4 is 5.91 Å². The Hall–Kier alpha value is -0.790. The Morgan fingerprint density at radius 3 is 2.50 bits per heavy atom. The lowest BCUT2D eigenvalue weighted by Crippen LogP contribution is -2.16. The minimum Gasteiger partial charge on any atom is -0.349 e. The zero-order valence-corrected chi connectivity index (χ0v) is 9.36. The SMILES string of the molecule is CCCCCCCC1=C(C)C(=O)NC1. The van der Waals surface area contributed by atoms with Crippen LogP contribution < -0.4 is 5.32 Å². The fourth-order valence-corrected chi connectivity index (χ4v) is 1.83. The van der Waals surface area contributed by atoms with Crippen molar-refractivity contribution in [1.82, 2.24) is 5.32 Å². The third kappa shape index (κ3) is 3.17. The first-order chi connectivity index (χ1) is 6.75. The van der Waals surface area contributed by atoms with Crippen LogP contribution >= 0.6 is 0 Å². The van der Waals surface area contributed by atoms with Crippen LogP contribution in [-0.2, 0) is 4.79 Å². The smallest absolute Gasteiger partial charge is 0.247 e. The van der Waals surface area contributed by atoms with E-state index in [2.05, 4.69) is 12.2 Å². The molecule has 0 unspecified atom stereocenters. The highest BCUT2D eigenvalue weighted by atomic mass is 16.1. The van der Waals surface area contributed by atoms with Crippen LogP contribution in [0.15, 0.2) is 11.1 Å². The van der Waals surface area contributed by atoms with Gasteiger partial charge in [-0.25, -0.2) is 0 Å². The molecule has 0 radical (unpaired) electrons. The van der Waals surface area contributed by atoms with Crippen molar-refractivity contribution in [2.24, 2.45) is 0 Å². The number of amides is 1. The van der Waals surface area contributed by atoms with Crippen molar-refractivity contribution in [1.29, 1.82) is 0 Å². The van der Waals surface area contributed by atoms with E-state index in [1.807, 2.05) is 6.92 Å². The normalized spacial score (nSPS) is 16.3. The van der Waals surface area contributed by atoms with Crippen LogP contribution in [0.5, 0.6) is 0 Å². The molecule has 0 aliphatic carbocycles. The molecule has 0 saturated heterocycles. The van der Waals surface area contributed by atoms with Gasteiger partial charge < -0.3 is 5.32 Å². The molecule has 0 spiro atoms. The number of hydrogen-bond donors (Lipinski definition) is 1. The lowest BCUT2D eigenvalue weighted by Gasteiger charge is -2.01. The van der Waals surface area contributed by atoms with Gasteiger partial charge >= 0.3 is 0 Å². The zero-order valence-electron chi connectivity index (χ0n) is 9.36. The molecule has 80 valence electrons. The Morgan fingerprint density at radius 1 is 1.21 bits per heavy atom. The van der Waals surface area contributed by atoms with Gasteiger partial charge in [-0.15, -0.1) is 0 Å². The molecule has 1 aliphatic rings. The maximum atomic E-state index is 11.2. The molecule has 0 aromatic carbocycles. The fourth-order valence-electron chi connectivity index (χ4n) is 1.83. The molecule has 1 N–H and O–H groups in total. The molecule has 0 atom stereocenters. The highest BCUT2D eigenvalue weighted by Crippen LogP contribution is 2.17. The molecule has 1 heterocycles. The lowest BCUT2D eigenvalue weighted by molar-refractivity contribution is -0.116. The van der Waals surface area contributed by atoms with Gasteiger partial charge in [-0.3, -0.25) is 4.79 Å². The molecule has 14 heavy (non-hydrogen) atoms. The second-order valence-corrected chi connectivity index (χ2v) is 4.08. The van der Waals surface area contributed by atoms with Crippen molar-refractivity contribution in [3.05, 3.63) is 11.1 Å². The van der Waals surface area contributed by atoms with E-state index < -0.39 is 0 Å². The maximum Gasteiger partial charge on any atom is 0.247 e. The molecule has 1 rings (SSSR count). The Morgan fingerprint density at radius 2 is 1.93 bits per heavy atom. The molecular formula is C12H21NO. The summed E-state index contributed by atoms with van der Waals surface area (Å²) in [6.45, 7) is 4.95. The monoisotopic (exact) mass is 195 g/mol. The first kappa shape index (κ1) is 11.3. The summed E-state index contributed by atoms with van der Waals surface area (Å²) >= 11 is 0. The average Bonchev–Trinajstić information content (AvgIpc) is 2.49. The summed E-state index contributed by atoms with van der Waals surface area (Å²) in [5.41, 5.74) is 2.28. The van der Waals surface area contributed by atoms with Crippen molar-refractivity contribution in [3.8, 4) is 0 Å². The standard InChI is InChI=1S/C12H21NO/c1-3-4-5-6-7-8-11-9-13-12(14)10(11)2/h3-9H2,1-2H3,(H,13,14).